The first-order chi connectivity index (χ1) is 9.08. The third kappa shape index (κ3) is 2.83. The van der Waals surface area contributed by atoms with E-state index in [1.54, 1.807) is 24.5 Å². The van der Waals surface area contributed by atoms with E-state index in [0.717, 1.165) is 0 Å². The Hall–Kier alpha value is -2.96. The lowest BCUT2D eigenvalue weighted by molar-refractivity contribution is -0.385. The zero-order chi connectivity index (χ0) is 13.8. The number of nitro benzene ring substituents is 1. The van der Waals surface area contributed by atoms with Crippen LogP contribution in [-0.4, -0.2) is 21.0 Å². The van der Waals surface area contributed by atoms with Crippen molar-refractivity contribution >= 4 is 23.0 Å². The number of nitro groups is 1. The molecule has 0 radical (unpaired) electrons. The molecule has 0 amide bonds. The largest absolute Gasteiger partial charge is 0.477 e. The van der Waals surface area contributed by atoms with Gasteiger partial charge in [-0.2, -0.15) is 0 Å². The standard InChI is InChI=1S/C12H9N3O4/c16-12(17)10-4-3-8(6-11(10)15(18)19)14-9-2-1-5-13-7-9/h1-7,14H,(H,16,17). The molecule has 0 aliphatic carbocycles. The lowest BCUT2D eigenvalue weighted by atomic mass is 10.1. The van der Waals surface area contributed by atoms with Gasteiger partial charge in [0.15, 0.2) is 0 Å². The number of carboxylic acids is 1. The molecular formula is C12H9N3O4. The average Bonchev–Trinajstić information content (AvgIpc) is 2.39. The number of aromatic carboxylic acids is 1. The molecule has 2 N–H and O–H groups in total. The van der Waals surface area contributed by atoms with E-state index >= 15 is 0 Å². The van der Waals surface area contributed by atoms with Gasteiger partial charge in [0.2, 0.25) is 0 Å². The van der Waals surface area contributed by atoms with Crippen LogP contribution in [0.5, 0.6) is 0 Å². The monoisotopic (exact) mass is 259 g/mol. The molecule has 0 saturated carbocycles. The lowest BCUT2D eigenvalue weighted by Gasteiger charge is -2.06. The van der Waals surface area contributed by atoms with E-state index in [9.17, 15) is 14.9 Å². The molecule has 1 aromatic heterocycles. The van der Waals surface area contributed by atoms with Crippen molar-refractivity contribution in [3.63, 3.8) is 0 Å². The third-order valence-corrected chi connectivity index (χ3v) is 2.38. The number of nitrogens with one attached hydrogen (secondary N) is 1. The van der Waals surface area contributed by atoms with Crippen molar-refractivity contribution in [2.24, 2.45) is 0 Å². The van der Waals surface area contributed by atoms with Gasteiger partial charge in [0, 0.05) is 18.0 Å². The topological polar surface area (TPSA) is 105 Å². The Kier molecular flexibility index (Phi) is 3.37. The molecule has 7 heteroatoms. The number of benzene rings is 1. The summed E-state index contributed by atoms with van der Waals surface area (Å²) in [6.07, 6.45) is 3.15. The van der Waals surface area contributed by atoms with E-state index in [2.05, 4.69) is 10.3 Å². The van der Waals surface area contributed by atoms with Crippen molar-refractivity contribution in [1.29, 1.82) is 0 Å². The van der Waals surface area contributed by atoms with Crippen LogP contribution in [0.1, 0.15) is 10.4 Å². The van der Waals surface area contributed by atoms with Crippen molar-refractivity contribution in [1.82, 2.24) is 4.98 Å². The van der Waals surface area contributed by atoms with Gasteiger partial charge in [-0.15, -0.1) is 0 Å². The van der Waals surface area contributed by atoms with Gasteiger partial charge < -0.3 is 10.4 Å². The fourth-order valence-electron chi connectivity index (χ4n) is 1.54. The second kappa shape index (κ2) is 5.13. The number of nitrogens with zero attached hydrogens (tertiary/aromatic N) is 2. The summed E-state index contributed by atoms with van der Waals surface area (Å²) in [5.41, 5.74) is 0.271. The molecule has 0 unspecified atom stereocenters. The molecule has 1 aromatic carbocycles. The molecule has 7 nitrogen and oxygen atoms in total. The van der Waals surface area contributed by atoms with Crippen LogP contribution in [0, 0.1) is 10.1 Å². The zero-order valence-electron chi connectivity index (χ0n) is 9.61. The Bertz CT molecular complexity index is 628. The average molecular weight is 259 g/mol. The SMILES string of the molecule is O=C(O)c1ccc(Nc2cccnc2)cc1[N+](=O)[O-]. The third-order valence-electron chi connectivity index (χ3n) is 2.38. The second-order valence-corrected chi connectivity index (χ2v) is 3.66. The first-order valence-corrected chi connectivity index (χ1v) is 5.26. The fraction of sp³-hybridized carbons (Fsp3) is 0. The highest BCUT2D eigenvalue weighted by Crippen LogP contribution is 2.25. The minimum Gasteiger partial charge on any atom is -0.477 e. The number of hydrogen-bond acceptors (Lipinski definition) is 5. The van der Waals surface area contributed by atoms with E-state index < -0.39 is 16.6 Å². The minimum atomic E-state index is -1.33. The first-order valence-electron chi connectivity index (χ1n) is 5.26. The molecule has 2 rings (SSSR count). The Labute approximate surface area is 107 Å². The number of pyridine rings is 1. The highest BCUT2D eigenvalue weighted by atomic mass is 16.6. The smallest absolute Gasteiger partial charge is 0.342 e. The highest BCUT2D eigenvalue weighted by molar-refractivity contribution is 5.93. The molecular weight excluding hydrogens is 250 g/mol. The molecule has 0 spiro atoms. The maximum atomic E-state index is 10.9. The molecule has 0 aliphatic heterocycles. The van der Waals surface area contributed by atoms with E-state index in [0.29, 0.717) is 11.4 Å². The number of rotatable bonds is 4. The van der Waals surface area contributed by atoms with Crippen molar-refractivity contribution < 1.29 is 14.8 Å². The molecule has 19 heavy (non-hydrogen) atoms. The van der Waals surface area contributed by atoms with Crippen LogP contribution in [-0.2, 0) is 0 Å². The molecule has 1 heterocycles. The summed E-state index contributed by atoms with van der Waals surface area (Å²) in [4.78, 5) is 24.9. The summed E-state index contributed by atoms with van der Waals surface area (Å²) in [5.74, 6) is -1.33. The molecule has 0 atom stereocenters. The number of aromatic nitrogens is 1. The molecule has 0 saturated heterocycles. The van der Waals surface area contributed by atoms with Crippen LogP contribution in [0.2, 0.25) is 0 Å². The fourth-order valence-corrected chi connectivity index (χ4v) is 1.54. The number of anilines is 2. The first kappa shape index (κ1) is 12.5. The quantitative estimate of drug-likeness (QED) is 0.645. The predicted octanol–water partition coefficient (Wildman–Crippen LogP) is 2.43. The summed E-state index contributed by atoms with van der Waals surface area (Å²) < 4.78 is 0. The molecule has 0 bridgehead atoms. The Morgan fingerprint density at radius 1 is 1.32 bits per heavy atom. The van der Waals surface area contributed by atoms with Crippen molar-refractivity contribution in [2.75, 3.05) is 5.32 Å². The maximum Gasteiger partial charge on any atom is 0.342 e. The Balaban J connectivity index is 2.36. The summed E-state index contributed by atoms with van der Waals surface area (Å²) in [6, 6.07) is 7.28. The predicted molar refractivity (Wildman–Crippen MR) is 67.6 cm³/mol. The van der Waals surface area contributed by atoms with E-state index in [4.69, 9.17) is 5.11 Å². The van der Waals surface area contributed by atoms with Crippen LogP contribution >= 0.6 is 0 Å². The van der Waals surface area contributed by atoms with Crippen LogP contribution in [0.4, 0.5) is 17.1 Å². The van der Waals surface area contributed by atoms with Crippen LogP contribution < -0.4 is 5.32 Å². The van der Waals surface area contributed by atoms with Gasteiger partial charge in [0.25, 0.3) is 5.69 Å². The van der Waals surface area contributed by atoms with Gasteiger partial charge in [0.05, 0.1) is 16.8 Å². The summed E-state index contributed by atoms with van der Waals surface area (Å²) in [7, 11) is 0. The molecule has 0 fully saturated rings. The maximum absolute atomic E-state index is 10.9. The zero-order valence-corrected chi connectivity index (χ0v) is 9.61. The van der Waals surface area contributed by atoms with Crippen molar-refractivity contribution in [3.05, 3.63) is 58.4 Å². The van der Waals surface area contributed by atoms with E-state index in [1.807, 2.05) is 0 Å². The highest BCUT2D eigenvalue weighted by Gasteiger charge is 2.19. The van der Waals surface area contributed by atoms with Gasteiger partial charge in [-0.25, -0.2) is 4.79 Å². The second-order valence-electron chi connectivity index (χ2n) is 3.66. The Morgan fingerprint density at radius 2 is 2.11 bits per heavy atom. The summed E-state index contributed by atoms with van der Waals surface area (Å²) in [6.45, 7) is 0. The summed E-state index contributed by atoms with van der Waals surface area (Å²) in [5, 5.41) is 22.6. The Morgan fingerprint density at radius 3 is 2.68 bits per heavy atom. The molecule has 0 aliphatic rings. The van der Waals surface area contributed by atoms with E-state index in [-0.39, 0.29) is 5.56 Å². The van der Waals surface area contributed by atoms with Gasteiger partial charge in [-0.3, -0.25) is 15.1 Å². The molecule has 96 valence electrons. The van der Waals surface area contributed by atoms with Crippen LogP contribution in [0.15, 0.2) is 42.7 Å². The van der Waals surface area contributed by atoms with Crippen molar-refractivity contribution in [3.8, 4) is 0 Å². The lowest BCUT2D eigenvalue weighted by Crippen LogP contribution is -2.03. The summed E-state index contributed by atoms with van der Waals surface area (Å²) >= 11 is 0. The molecule has 2 aromatic rings. The van der Waals surface area contributed by atoms with Gasteiger partial charge >= 0.3 is 5.97 Å². The van der Waals surface area contributed by atoms with Gasteiger partial charge in [-0.05, 0) is 24.3 Å². The number of hydrogen-bond donors (Lipinski definition) is 2. The van der Waals surface area contributed by atoms with Gasteiger partial charge in [-0.1, -0.05) is 0 Å². The normalized spacial score (nSPS) is 9.89. The van der Waals surface area contributed by atoms with Gasteiger partial charge in [0.1, 0.15) is 5.56 Å². The van der Waals surface area contributed by atoms with Crippen LogP contribution in [0.25, 0.3) is 0 Å². The van der Waals surface area contributed by atoms with Crippen molar-refractivity contribution in [2.45, 2.75) is 0 Å². The van der Waals surface area contributed by atoms with Crippen LogP contribution in [0.3, 0.4) is 0 Å². The van der Waals surface area contributed by atoms with E-state index in [1.165, 1.54) is 18.2 Å². The minimum absolute atomic E-state index is 0.346. The number of carboxylic acid groups (broad SMARTS) is 1. The number of carbonyl (C=O) groups is 1.